The van der Waals surface area contributed by atoms with E-state index < -0.39 is 0 Å². The van der Waals surface area contributed by atoms with Crippen molar-refractivity contribution in [3.8, 4) is 0 Å². The van der Waals surface area contributed by atoms with Crippen LogP contribution < -0.4 is 4.87 Å². The lowest BCUT2D eigenvalue weighted by Gasteiger charge is -2.01. The van der Waals surface area contributed by atoms with Crippen molar-refractivity contribution in [1.82, 2.24) is 4.57 Å². The molecular weight excluding hydrogens is 186 g/mol. The Bertz CT molecular complexity index is 375. The average Bonchev–Trinajstić information content (AvgIpc) is 2.24. The van der Waals surface area contributed by atoms with E-state index in [4.69, 9.17) is 0 Å². The molecule has 0 saturated heterocycles. The number of nitrogens with zero attached hydrogens (tertiary/aromatic N) is 1. The molecule has 4 heteroatoms. The summed E-state index contributed by atoms with van der Waals surface area (Å²) in [5.41, 5.74) is 0.983. The molecule has 0 aromatic carbocycles. The van der Waals surface area contributed by atoms with E-state index in [9.17, 15) is 9.59 Å². The summed E-state index contributed by atoms with van der Waals surface area (Å²) < 4.78 is 1.67. The molecule has 1 aromatic rings. The van der Waals surface area contributed by atoms with Crippen LogP contribution in [-0.2, 0) is 11.3 Å². The maximum atomic E-state index is 11.3. The minimum atomic E-state index is 0.0382. The third kappa shape index (κ3) is 2.28. The molecule has 13 heavy (non-hydrogen) atoms. The normalized spacial score (nSPS) is 10.4. The first kappa shape index (κ1) is 10.2. The topological polar surface area (TPSA) is 39.1 Å². The molecule has 0 unspecified atom stereocenters. The van der Waals surface area contributed by atoms with Crippen molar-refractivity contribution in [2.75, 3.05) is 0 Å². The second-order valence-electron chi connectivity index (χ2n) is 3.11. The van der Waals surface area contributed by atoms with Crippen LogP contribution in [0.2, 0.25) is 0 Å². The van der Waals surface area contributed by atoms with Crippen LogP contribution in [0, 0.1) is 13.8 Å². The number of hydrogen-bond donors (Lipinski definition) is 0. The highest BCUT2D eigenvalue weighted by molar-refractivity contribution is 7.09. The van der Waals surface area contributed by atoms with Gasteiger partial charge in [-0.05, 0) is 20.8 Å². The Balaban J connectivity index is 2.88. The lowest BCUT2D eigenvalue weighted by atomic mass is 10.3. The highest BCUT2D eigenvalue weighted by Gasteiger charge is 2.07. The van der Waals surface area contributed by atoms with Crippen molar-refractivity contribution in [2.24, 2.45) is 0 Å². The molecule has 0 fully saturated rings. The van der Waals surface area contributed by atoms with Gasteiger partial charge in [0.15, 0.2) is 0 Å². The summed E-state index contributed by atoms with van der Waals surface area (Å²) in [6.45, 7) is 5.89. The predicted molar refractivity (Wildman–Crippen MR) is 53.4 cm³/mol. The van der Waals surface area contributed by atoms with Gasteiger partial charge in [0, 0.05) is 23.5 Å². The number of ketones is 1. The number of thiazole rings is 1. The Kier molecular flexibility index (Phi) is 3.03. The molecule has 0 spiro atoms. The Morgan fingerprint density at radius 2 is 2.08 bits per heavy atom. The summed E-state index contributed by atoms with van der Waals surface area (Å²) >= 11 is 1.24. The van der Waals surface area contributed by atoms with Gasteiger partial charge in [0.25, 0.3) is 0 Å². The molecule has 0 aliphatic carbocycles. The fourth-order valence-corrected chi connectivity index (χ4v) is 1.97. The first-order chi connectivity index (χ1) is 6.02. The summed E-state index contributed by atoms with van der Waals surface area (Å²) in [5.74, 6) is 0.121. The standard InChI is InChI=1S/C9H13NO2S/c1-6(11)4-5-10-7(2)8(3)13-9(10)12/h4-5H2,1-3H3. The average molecular weight is 199 g/mol. The Hall–Kier alpha value is -0.900. The first-order valence-electron chi connectivity index (χ1n) is 4.18. The molecule has 0 atom stereocenters. The molecular formula is C9H13NO2S. The molecule has 1 heterocycles. The number of carbonyl (C=O) groups excluding carboxylic acids is 1. The maximum Gasteiger partial charge on any atom is 0.307 e. The van der Waals surface area contributed by atoms with Gasteiger partial charge in [0.2, 0.25) is 0 Å². The first-order valence-corrected chi connectivity index (χ1v) is 5.00. The van der Waals surface area contributed by atoms with Crippen LogP contribution >= 0.6 is 11.3 Å². The van der Waals surface area contributed by atoms with Crippen LogP contribution in [-0.4, -0.2) is 10.4 Å². The van der Waals surface area contributed by atoms with Gasteiger partial charge in [-0.3, -0.25) is 9.59 Å². The third-order valence-corrected chi connectivity index (χ3v) is 3.06. The monoisotopic (exact) mass is 199 g/mol. The fraction of sp³-hybridized carbons (Fsp3) is 0.556. The smallest absolute Gasteiger partial charge is 0.303 e. The minimum Gasteiger partial charge on any atom is -0.303 e. The highest BCUT2D eigenvalue weighted by atomic mass is 32.1. The van der Waals surface area contributed by atoms with E-state index in [2.05, 4.69) is 0 Å². The second-order valence-corrected chi connectivity index (χ2v) is 4.28. The van der Waals surface area contributed by atoms with Crippen LogP contribution in [0.4, 0.5) is 0 Å². The number of Topliss-reactive ketones (excluding diaryl/α,β-unsaturated/α-hetero) is 1. The van der Waals surface area contributed by atoms with Gasteiger partial charge < -0.3 is 4.57 Å². The van der Waals surface area contributed by atoms with Gasteiger partial charge in [-0.1, -0.05) is 11.3 Å². The lowest BCUT2D eigenvalue weighted by molar-refractivity contribution is -0.117. The van der Waals surface area contributed by atoms with Crippen LogP contribution in [0.3, 0.4) is 0 Å². The van der Waals surface area contributed by atoms with Crippen molar-refractivity contribution >= 4 is 17.1 Å². The largest absolute Gasteiger partial charge is 0.307 e. The van der Waals surface area contributed by atoms with E-state index in [-0.39, 0.29) is 10.7 Å². The molecule has 0 radical (unpaired) electrons. The Labute approximate surface area is 81.0 Å². The van der Waals surface area contributed by atoms with Crippen LogP contribution in [0.25, 0.3) is 0 Å². The summed E-state index contributed by atoms with van der Waals surface area (Å²) in [4.78, 5) is 23.2. The number of aromatic nitrogens is 1. The SMILES string of the molecule is CC(=O)CCn1c(C)c(C)sc1=O. The minimum absolute atomic E-state index is 0.0382. The second kappa shape index (κ2) is 3.87. The summed E-state index contributed by atoms with van der Waals surface area (Å²) in [5, 5.41) is 0. The van der Waals surface area contributed by atoms with Gasteiger partial charge >= 0.3 is 4.87 Å². The van der Waals surface area contributed by atoms with Gasteiger partial charge in [0.1, 0.15) is 5.78 Å². The lowest BCUT2D eigenvalue weighted by Crippen LogP contribution is -2.16. The zero-order valence-electron chi connectivity index (χ0n) is 8.09. The van der Waals surface area contributed by atoms with Crippen LogP contribution in [0.1, 0.15) is 23.9 Å². The zero-order valence-corrected chi connectivity index (χ0v) is 8.90. The quantitative estimate of drug-likeness (QED) is 0.740. The number of hydrogen-bond acceptors (Lipinski definition) is 3. The van der Waals surface area contributed by atoms with Gasteiger partial charge in [-0.25, -0.2) is 0 Å². The molecule has 0 bridgehead atoms. The molecule has 0 N–H and O–H groups in total. The van der Waals surface area contributed by atoms with Gasteiger partial charge in [0.05, 0.1) is 0 Å². The van der Waals surface area contributed by atoms with Crippen LogP contribution in [0.5, 0.6) is 0 Å². The Morgan fingerprint density at radius 3 is 2.46 bits per heavy atom. The molecule has 1 aromatic heterocycles. The van der Waals surface area contributed by atoms with Crippen LogP contribution in [0.15, 0.2) is 4.79 Å². The summed E-state index contributed by atoms with van der Waals surface area (Å²) in [6, 6.07) is 0. The van der Waals surface area contributed by atoms with Crippen molar-refractivity contribution in [3.63, 3.8) is 0 Å². The van der Waals surface area contributed by atoms with E-state index in [0.29, 0.717) is 13.0 Å². The Morgan fingerprint density at radius 1 is 1.46 bits per heavy atom. The molecule has 72 valence electrons. The van der Waals surface area contributed by atoms with E-state index in [1.807, 2.05) is 13.8 Å². The fourth-order valence-electron chi connectivity index (χ4n) is 1.12. The maximum absolute atomic E-state index is 11.3. The highest BCUT2D eigenvalue weighted by Crippen LogP contribution is 2.09. The van der Waals surface area contributed by atoms with E-state index >= 15 is 0 Å². The van der Waals surface area contributed by atoms with E-state index in [0.717, 1.165) is 10.6 Å². The van der Waals surface area contributed by atoms with E-state index in [1.165, 1.54) is 11.3 Å². The molecule has 0 saturated carbocycles. The summed E-state index contributed by atoms with van der Waals surface area (Å²) in [7, 11) is 0. The molecule has 3 nitrogen and oxygen atoms in total. The van der Waals surface area contributed by atoms with Gasteiger partial charge in [-0.15, -0.1) is 0 Å². The van der Waals surface area contributed by atoms with E-state index in [1.54, 1.807) is 11.5 Å². The molecule has 0 aliphatic heterocycles. The molecule has 0 amide bonds. The summed E-state index contributed by atoms with van der Waals surface area (Å²) in [6.07, 6.45) is 0.441. The number of aryl methyl sites for hydroxylation is 1. The number of carbonyl (C=O) groups is 1. The zero-order chi connectivity index (χ0) is 10.0. The van der Waals surface area contributed by atoms with Gasteiger partial charge in [-0.2, -0.15) is 0 Å². The van der Waals surface area contributed by atoms with Crippen molar-refractivity contribution in [1.29, 1.82) is 0 Å². The predicted octanol–water partition coefficient (Wildman–Crippen LogP) is 1.51. The molecule has 0 aliphatic rings. The van der Waals surface area contributed by atoms with Crippen molar-refractivity contribution in [3.05, 3.63) is 20.2 Å². The number of rotatable bonds is 3. The third-order valence-electron chi connectivity index (χ3n) is 2.06. The molecule has 1 rings (SSSR count). The van der Waals surface area contributed by atoms with Crippen molar-refractivity contribution in [2.45, 2.75) is 33.7 Å². The van der Waals surface area contributed by atoms with Crippen molar-refractivity contribution < 1.29 is 4.79 Å².